The molecule has 0 aliphatic heterocycles. The summed E-state index contributed by atoms with van der Waals surface area (Å²) in [6.07, 6.45) is -0.841. The summed E-state index contributed by atoms with van der Waals surface area (Å²) >= 11 is 0. The summed E-state index contributed by atoms with van der Waals surface area (Å²) in [4.78, 5) is 37.4. The van der Waals surface area contributed by atoms with E-state index in [1.165, 1.54) is 0 Å². The number of hydrogen-bond donors (Lipinski definition) is 3. The van der Waals surface area contributed by atoms with E-state index in [0.717, 1.165) is 11.1 Å². The molecule has 0 aliphatic rings. The number of rotatable bonds is 7. The van der Waals surface area contributed by atoms with E-state index in [2.05, 4.69) is 16.0 Å². The van der Waals surface area contributed by atoms with Crippen LogP contribution >= 0.6 is 0 Å². The van der Waals surface area contributed by atoms with Gasteiger partial charge in [-0.2, -0.15) is 0 Å². The summed E-state index contributed by atoms with van der Waals surface area (Å²) in [6.45, 7) is 5.57. The molecule has 0 atom stereocenters. The van der Waals surface area contributed by atoms with Crippen molar-refractivity contribution in [2.75, 3.05) is 0 Å². The number of benzene rings is 2. The second-order valence-corrected chi connectivity index (χ2v) is 7.49. The van der Waals surface area contributed by atoms with Gasteiger partial charge < -0.3 is 20.7 Å². The number of alkyl carbamates (subject to hydrolysis) is 1. The monoisotopic (exact) mass is 397 g/mol. The molecule has 29 heavy (non-hydrogen) atoms. The fraction of sp³-hybridized carbons (Fsp3) is 0.318. The van der Waals surface area contributed by atoms with Gasteiger partial charge in [-0.15, -0.1) is 0 Å². The topological polar surface area (TPSA) is 96.5 Å². The van der Waals surface area contributed by atoms with Crippen molar-refractivity contribution in [3.8, 4) is 0 Å². The second kappa shape index (κ2) is 10.3. The van der Waals surface area contributed by atoms with Crippen molar-refractivity contribution in [1.82, 2.24) is 16.0 Å². The molecule has 7 heteroatoms. The molecule has 0 radical (unpaired) electrons. The van der Waals surface area contributed by atoms with Crippen LogP contribution in [0.3, 0.4) is 0 Å². The first-order chi connectivity index (χ1) is 13.7. The lowest BCUT2D eigenvalue weighted by Crippen LogP contribution is -2.55. The quantitative estimate of drug-likeness (QED) is 0.626. The van der Waals surface area contributed by atoms with Gasteiger partial charge in [-0.05, 0) is 31.9 Å². The van der Waals surface area contributed by atoms with Gasteiger partial charge in [0.1, 0.15) is 5.60 Å². The van der Waals surface area contributed by atoms with E-state index < -0.39 is 29.6 Å². The van der Waals surface area contributed by atoms with Crippen LogP contribution in [0.5, 0.6) is 0 Å². The van der Waals surface area contributed by atoms with Crippen LogP contribution < -0.4 is 16.0 Å². The summed E-state index contributed by atoms with van der Waals surface area (Å²) in [6, 6.07) is 17.1. The molecule has 2 rings (SSSR count). The van der Waals surface area contributed by atoms with Crippen LogP contribution in [-0.2, 0) is 27.4 Å². The van der Waals surface area contributed by atoms with Gasteiger partial charge in [0, 0.05) is 13.1 Å². The molecule has 0 aromatic heterocycles. The zero-order valence-corrected chi connectivity index (χ0v) is 16.9. The highest BCUT2D eigenvalue weighted by Crippen LogP contribution is 2.07. The second-order valence-electron chi connectivity index (χ2n) is 7.49. The Morgan fingerprint density at radius 1 is 0.793 bits per heavy atom. The van der Waals surface area contributed by atoms with Gasteiger partial charge in [-0.3, -0.25) is 9.59 Å². The smallest absolute Gasteiger partial charge is 0.408 e. The molecule has 2 aromatic rings. The lowest BCUT2D eigenvalue weighted by Gasteiger charge is -2.23. The normalized spacial score (nSPS) is 10.9. The molecule has 0 spiro atoms. The SMILES string of the molecule is CC(C)(C)OC(=O)NC(C(=O)NCc1ccccc1)C(=O)NCc1ccccc1. The Bertz CT molecular complexity index is 761. The minimum Gasteiger partial charge on any atom is -0.444 e. The van der Waals surface area contributed by atoms with Crippen LogP contribution in [0.1, 0.15) is 31.9 Å². The average Bonchev–Trinajstić information content (AvgIpc) is 2.68. The standard InChI is InChI=1S/C22H27N3O4/c1-22(2,3)29-21(28)25-18(19(26)23-14-16-10-6-4-7-11-16)20(27)24-15-17-12-8-5-9-13-17/h4-13,18H,14-15H2,1-3H3,(H,23,26)(H,24,27)(H,25,28). The fourth-order valence-corrected chi connectivity index (χ4v) is 2.45. The van der Waals surface area contributed by atoms with Gasteiger partial charge in [0.25, 0.3) is 11.8 Å². The number of nitrogens with one attached hydrogen (secondary N) is 3. The van der Waals surface area contributed by atoms with Crippen LogP contribution in [0.2, 0.25) is 0 Å². The van der Waals surface area contributed by atoms with Crippen LogP contribution in [0, 0.1) is 0 Å². The minimum atomic E-state index is -1.42. The molecule has 0 aliphatic carbocycles. The predicted octanol–water partition coefficient (Wildman–Crippen LogP) is 2.51. The molecule has 0 fully saturated rings. The van der Waals surface area contributed by atoms with Crippen molar-refractivity contribution in [1.29, 1.82) is 0 Å². The van der Waals surface area contributed by atoms with Crippen molar-refractivity contribution >= 4 is 17.9 Å². The Balaban J connectivity index is 2.03. The summed E-state index contributed by atoms with van der Waals surface area (Å²) in [7, 11) is 0. The number of amides is 3. The van der Waals surface area contributed by atoms with Crippen molar-refractivity contribution in [2.24, 2.45) is 0 Å². The molecular formula is C22H27N3O4. The Hall–Kier alpha value is -3.35. The summed E-state index contributed by atoms with van der Waals surface area (Å²) in [5.74, 6) is -1.24. The lowest BCUT2D eigenvalue weighted by molar-refractivity contribution is -0.132. The highest BCUT2D eigenvalue weighted by Gasteiger charge is 2.30. The van der Waals surface area contributed by atoms with Gasteiger partial charge in [-0.1, -0.05) is 60.7 Å². The zero-order valence-electron chi connectivity index (χ0n) is 16.9. The Labute approximate surface area is 170 Å². The van der Waals surface area contributed by atoms with Crippen LogP contribution in [0.15, 0.2) is 60.7 Å². The highest BCUT2D eigenvalue weighted by molar-refractivity contribution is 6.06. The van der Waals surface area contributed by atoms with Crippen molar-refractivity contribution in [2.45, 2.75) is 45.5 Å². The molecule has 0 saturated carbocycles. The number of ether oxygens (including phenoxy) is 1. The molecular weight excluding hydrogens is 370 g/mol. The fourth-order valence-electron chi connectivity index (χ4n) is 2.45. The number of carbonyl (C=O) groups is 3. The maximum Gasteiger partial charge on any atom is 0.408 e. The maximum absolute atomic E-state index is 12.6. The average molecular weight is 397 g/mol. The molecule has 7 nitrogen and oxygen atoms in total. The third kappa shape index (κ3) is 8.04. The first kappa shape index (κ1) is 21.9. The lowest BCUT2D eigenvalue weighted by atomic mass is 10.2. The maximum atomic E-state index is 12.6. The predicted molar refractivity (Wildman–Crippen MR) is 110 cm³/mol. The van der Waals surface area contributed by atoms with Crippen LogP contribution in [-0.4, -0.2) is 29.6 Å². The largest absolute Gasteiger partial charge is 0.444 e. The molecule has 154 valence electrons. The molecule has 3 amide bonds. The first-order valence-corrected chi connectivity index (χ1v) is 9.37. The number of hydrogen-bond acceptors (Lipinski definition) is 4. The Kier molecular flexibility index (Phi) is 7.77. The first-order valence-electron chi connectivity index (χ1n) is 9.37. The van der Waals surface area contributed by atoms with E-state index in [9.17, 15) is 14.4 Å². The summed E-state index contributed by atoms with van der Waals surface area (Å²) in [5.41, 5.74) is 0.999. The Morgan fingerprint density at radius 2 is 1.21 bits per heavy atom. The highest BCUT2D eigenvalue weighted by atomic mass is 16.6. The van der Waals surface area contributed by atoms with Gasteiger partial charge in [-0.25, -0.2) is 4.79 Å². The van der Waals surface area contributed by atoms with E-state index in [4.69, 9.17) is 4.74 Å². The van der Waals surface area contributed by atoms with Crippen LogP contribution in [0.25, 0.3) is 0 Å². The van der Waals surface area contributed by atoms with Gasteiger partial charge in [0.05, 0.1) is 0 Å². The van der Waals surface area contributed by atoms with Gasteiger partial charge in [0.2, 0.25) is 0 Å². The zero-order chi connectivity index (χ0) is 21.3. The third-order valence-corrected chi connectivity index (χ3v) is 3.80. The van der Waals surface area contributed by atoms with Crippen molar-refractivity contribution in [3.05, 3.63) is 71.8 Å². The molecule has 3 N–H and O–H groups in total. The molecule has 0 unspecified atom stereocenters. The summed E-state index contributed by atoms with van der Waals surface area (Å²) in [5, 5.41) is 7.71. The van der Waals surface area contributed by atoms with Crippen molar-refractivity contribution < 1.29 is 19.1 Å². The molecule has 0 saturated heterocycles. The van der Waals surface area contributed by atoms with E-state index in [-0.39, 0.29) is 13.1 Å². The van der Waals surface area contributed by atoms with Gasteiger partial charge in [0.15, 0.2) is 6.04 Å². The van der Waals surface area contributed by atoms with Crippen molar-refractivity contribution in [3.63, 3.8) is 0 Å². The minimum absolute atomic E-state index is 0.234. The van der Waals surface area contributed by atoms with E-state index in [0.29, 0.717) is 0 Å². The number of carbonyl (C=O) groups excluding carboxylic acids is 3. The molecule has 0 heterocycles. The molecule has 2 aromatic carbocycles. The van der Waals surface area contributed by atoms with Crippen LogP contribution in [0.4, 0.5) is 4.79 Å². The Morgan fingerprint density at radius 3 is 1.59 bits per heavy atom. The van der Waals surface area contributed by atoms with E-state index in [1.807, 2.05) is 60.7 Å². The molecule has 0 bridgehead atoms. The summed E-state index contributed by atoms with van der Waals surface area (Å²) < 4.78 is 5.18. The third-order valence-electron chi connectivity index (χ3n) is 3.80. The van der Waals surface area contributed by atoms with E-state index in [1.54, 1.807) is 20.8 Å². The van der Waals surface area contributed by atoms with Gasteiger partial charge >= 0.3 is 6.09 Å². The van der Waals surface area contributed by atoms with E-state index >= 15 is 0 Å².